The topological polar surface area (TPSA) is 70.2 Å². The molecule has 0 bridgehead atoms. The predicted octanol–water partition coefficient (Wildman–Crippen LogP) is 1.74. The average Bonchev–Trinajstić information content (AvgIpc) is 2.39. The zero-order valence-electron chi connectivity index (χ0n) is 13.9. The Morgan fingerprint density at radius 2 is 2.00 bits per heavy atom. The number of hydrogen-bond acceptors (Lipinski definition) is 5. The van der Waals surface area contributed by atoms with Crippen LogP contribution >= 0.6 is 0 Å². The molecule has 0 aromatic carbocycles. The third-order valence-electron chi connectivity index (χ3n) is 3.07. The molecule has 1 rings (SSSR count). The Morgan fingerprint density at radius 3 is 2.52 bits per heavy atom. The maximum absolute atomic E-state index is 11.9. The first kappa shape index (κ1) is 17.2. The van der Waals surface area contributed by atoms with E-state index in [1.165, 1.54) is 0 Å². The van der Waals surface area contributed by atoms with Gasteiger partial charge in [-0.3, -0.25) is 4.79 Å². The fourth-order valence-electron chi connectivity index (χ4n) is 2.16. The molecule has 0 radical (unpaired) electrons. The Morgan fingerprint density at radius 1 is 1.33 bits per heavy atom. The largest absolute Gasteiger partial charge is 0.373 e. The van der Waals surface area contributed by atoms with Gasteiger partial charge < -0.3 is 15.5 Å². The van der Waals surface area contributed by atoms with Crippen molar-refractivity contribution in [2.45, 2.75) is 46.6 Å². The molecule has 1 heterocycles. The maximum atomic E-state index is 11.9. The van der Waals surface area contributed by atoms with Crippen molar-refractivity contribution in [2.75, 3.05) is 30.9 Å². The van der Waals surface area contributed by atoms with E-state index in [0.29, 0.717) is 0 Å². The molecule has 0 atom stereocenters. The van der Waals surface area contributed by atoms with Crippen LogP contribution in [0, 0.1) is 6.92 Å². The molecule has 1 aromatic heterocycles. The lowest BCUT2D eigenvalue weighted by atomic mass is 10.2. The molecule has 0 aliphatic rings. The first-order chi connectivity index (χ1) is 9.88. The van der Waals surface area contributed by atoms with Crippen LogP contribution in [0.25, 0.3) is 0 Å². The standard InChI is InChI=1S/C15H27N5O/c1-7-8-12-18-14(16-5)11(4)15(19-12)20(6)9-13(21)17-10(2)3/h10H,7-9H2,1-6H3,(H,17,21)(H,16,18,19). The quantitative estimate of drug-likeness (QED) is 0.801. The molecular formula is C15H27N5O. The van der Waals surface area contributed by atoms with Gasteiger partial charge in [-0.2, -0.15) is 0 Å². The molecule has 1 aromatic rings. The summed E-state index contributed by atoms with van der Waals surface area (Å²) in [7, 11) is 3.73. The predicted molar refractivity (Wildman–Crippen MR) is 86.9 cm³/mol. The van der Waals surface area contributed by atoms with Crippen LogP contribution in [0.5, 0.6) is 0 Å². The first-order valence-electron chi connectivity index (χ1n) is 7.44. The zero-order chi connectivity index (χ0) is 16.0. The smallest absolute Gasteiger partial charge is 0.239 e. The molecule has 2 N–H and O–H groups in total. The van der Waals surface area contributed by atoms with E-state index >= 15 is 0 Å². The zero-order valence-corrected chi connectivity index (χ0v) is 13.9. The van der Waals surface area contributed by atoms with E-state index in [1.54, 1.807) is 0 Å². The first-order valence-corrected chi connectivity index (χ1v) is 7.44. The van der Waals surface area contributed by atoms with Crippen molar-refractivity contribution in [3.8, 4) is 0 Å². The maximum Gasteiger partial charge on any atom is 0.239 e. The monoisotopic (exact) mass is 293 g/mol. The van der Waals surface area contributed by atoms with Crippen LogP contribution in [0.15, 0.2) is 0 Å². The van der Waals surface area contributed by atoms with E-state index in [1.807, 2.05) is 39.8 Å². The number of amides is 1. The molecular weight excluding hydrogens is 266 g/mol. The number of anilines is 2. The minimum absolute atomic E-state index is 0.00596. The minimum atomic E-state index is -0.00596. The van der Waals surface area contributed by atoms with Crippen molar-refractivity contribution >= 4 is 17.5 Å². The van der Waals surface area contributed by atoms with E-state index in [0.717, 1.165) is 35.9 Å². The normalized spacial score (nSPS) is 10.6. The Kier molecular flexibility index (Phi) is 6.39. The number of rotatable bonds is 7. The van der Waals surface area contributed by atoms with Crippen LogP contribution in [0.1, 0.15) is 38.6 Å². The van der Waals surface area contributed by atoms with Crippen molar-refractivity contribution in [3.05, 3.63) is 11.4 Å². The van der Waals surface area contributed by atoms with Crippen molar-refractivity contribution in [1.29, 1.82) is 0 Å². The van der Waals surface area contributed by atoms with Crippen LogP contribution in [-0.2, 0) is 11.2 Å². The lowest BCUT2D eigenvalue weighted by Gasteiger charge is -2.22. The molecule has 6 heteroatoms. The molecule has 118 valence electrons. The lowest BCUT2D eigenvalue weighted by Crippen LogP contribution is -2.39. The summed E-state index contributed by atoms with van der Waals surface area (Å²) in [6, 6.07) is 0.140. The third kappa shape index (κ3) is 4.88. The molecule has 0 unspecified atom stereocenters. The van der Waals surface area contributed by atoms with Crippen molar-refractivity contribution in [3.63, 3.8) is 0 Å². The van der Waals surface area contributed by atoms with E-state index in [9.17, 15) is 4.79 Å². The number of carbonyl (C=O) groups is 1. The van der Waals surface area contributed by atoms with Gasteiger partial charge in [0.15, 0.2) is 0 Å². The van der Waals surface area contributed by atoms with Gasteiger partial charge in [0, 0.05) is 32.1 Å². The number of likely N-dealkylation sites (N-methyl/N-ethyl adjacent to an activating group) is 1. The summed E-state index contributed by atoms with van der Waals surface area (Å²) in [6.45, 7) is 8.25. The number of aromatic nitrogens is 2. The summed E-state index contributed by atoms with van der Waals surface area (Å²) in [5.41, 5.74) is 0.956. The number of nitrogens with one attached hydrogen (secondary N) is 2. The van der Waals surface area contributed by atoms with Gasteiger partial charge >= 0.3 is 0 Å². The average molecular weight is 293 g/mol. The van der Waals surface area contributed by atoms with Crippen LogP contribution in [0.2, 0.25) is 0 Å². The SMILES string of the molecule is CCCc1nc(NC)c(C)c(N(C)CC(=O)NC(C)C)n1. The van der Waals surface area contributed by atoms with Gasteiger partial charge in [-0.25, -0.2) is 9.97 Å². The van der Waals surface area contributed by atoms with Crippen LogP contribution < -0.4 is 15.5 Å². The van der Waals surface area contributed by atoms with Gasteiger partial charge in [-0.15, -0.1) is 0 Å². The van der Waals surface area contributed by atoms with Gasteiger partial charge in [-0.1, -0.05) is 6.92 Å². The minimum Gasteiger partial charge on any atom is -0.373 e. The van der Waals surface area contributed by atoms with Gasteiger partial charge in [-0.05, 0) is 27.2 Å². The summed E-state index contributed by atoms with van der Waals surface area (Å²) < 4.78 is 0. The molecule has 0 spiro atoms. The Hall–Kier alpha value is -1.85. The third-order valence-corrected chi connectivity index (χ3v) is 3.07. The number of carbonyl (C=O) groups excluding carboxylic acids is 1. The molecule has 0 aliphatic carbocycles. The fraction of sp³-hybridized carbons (Fsp3) is 0.667. The summed E-state index contributed by atoms with van der Waals surface area (Å²) >= 11 is 0. The second-order valence-corrected chi connectivity index (χ2v) is 5.52. The Labute approximate surface area is 127 Å². The van der Waals surface area contributed by atoms with E-state index in [2.05, 4.69) is 27.5 Å². The molecule has 0 aliphatic heterocycles. The Balaban J connectivity index is 2.98. The van der Waals surface area contributed by atoms with Crippen molar-refractivity contribution < 1.29 is 4.79 Å². The van der Waals surface area contributed by atoms with E-state index in [4.69, 9.17) is 0 Å². The molecule has 0 fully saturated rings. The second-order valence-electron chi connectivity index (χ2n) is 5.52. The van der Waals surface area contributed by atoms with Gasteiger partial charge in [0.05, 0.1) is 6.54 Å². The highest BCUT2D eigenvalue weighted by molar-refractivity contribution is 5.81. The van der Waals surface area contributed by atoms with E-state index < -0.39 is 0 Å². The highest BCUT2D eigenvalue weighted by Crippen LogP contribution is 2.22. The summed E-state index contributed by atoms with van der Waals surface area (Å²) in [4.78, 5) is 22.9. The number of hydrogen-bond donors (Lipinski definition) is 2. The molecule has 0 saturated heterocycles. The molecule has 1 amide bonds. The highest BCUT2D eigenvalue weighted by atomic mass is 16.2. The lowest BCUT2D eigenvalue weighted by molar-refractivity contribution is -0.120. The van der Waals surface area contributed by atoms with Gasteiger partial charge in [0.25, 0.3) is 0 Å². The number of nitrogens with zero attached hydrogens (tertiary/aromatic N) is 3. The van der Waals surface area contributed by atoms with Crippen LogP contribution in [0.3, 0.4) is 0 Å². The van der Waals surface area contributed by atoms with E-state index in [-0.39, 0.29) is 18.5 Å². The summed E-state index contributed by atoms with van der Waals surface area (Å²) in [5.74, 6) is 2.42. The molecule has 0 saturated carbocycles. The summed E-state index contributed by atoms with van der Waals surface area (Å²) in [5, 5.41) is 5.99. The molecule has 21 heavy (non-hydrogen) atoms. The highest BCUT2D eigenvalue weighted by Gasteiger charge is 2.16. The van der Waals surface area contributed by atoms with Crippen molar-refractivity contribution in [2.24, 2.45) is 0 Å². The van der Waals surface area contributed by atoms with Gasteiger partial charge in [0.1, 0.15) is 17.5 Å². The van der Waals surface area contributed by atoms with Gasteiger partial charge in [0.2, 0.25) is 5.91 Å². The van der Waals surface area contributed by atoms with Crippen LogP contribution in [0.4, 0.5) is 11.6 Å². The summed E-state index contributed by atoms with van der Waals surface area (Å²) in [6.07, 6.45) is 1.82. The van der Waals surface area contributed by atoms with Crippen LogP contribution in [-0.4, -0.2) is 42.6 Å². The number of aryl methyl sites for hydroxylation is 1. The fourth-order valence-corrected chi connectivity index (χ4v) is 2.16. The second kappa shape index (κ2) is 7.81. The molecule has 6 nitrogen and oxygen atoms in total. The Bertz CT molecular complexity index is 487. The van der Waals surface area contributed by atoms with Crippen molar-refractivity contribution in [1.82, 2.24) is 15.3 Å².